The summed E-state index contributed by atoms with van der Waals surface area (Å²) in [4.78, 5) is 0. The molecule has 0 unspecified atom stereocenters. The summed E-state index contributed by atoms with van der Waals surface area (Å²) in [5.41, 5.74) is 2.01. The van der Waals surface area contributed by atoms with Crippen LogP contribution in [-0.4, -0.2) is 5.16 Å². The molecule has 0 radical (unpaired) electrons. The van der Waals surface area contributed by atoms with E-state index in [0.29, 0.717) is 4.71 Å². The molecule has 1 heterocycles. The normalized spacial score (nSPS) is 10.0. The maximum atomic E-state index is 4.97. The zero-order valence-electron chi connectivity index (χ0n) is 6.28. The molecule has 0 amide bonds. The Morgan fingerprint density at radius 2 is 1.92 bits per heavy atom. The van der Waals surface area contributed by atoms with Crippen molar-refractivity contribution >= 4 is 12.2 Å². The fourth-order valence-electron chi connectivity index (χ4n) is 1.07. The van der Waals surface area contributed by atoms with Gasteiger partial charge in [-0.3, -0.25) is 0 Å². The van der Waals surface area contributed by atoms with Crippen molar-refractivity contribution in [2.45, 2.75) is 0 Å². The number of benzene rings is 1. The van der Waals surface area contributed by atoms with Crippen molar-refractivity contribution in [3.8, 4) is 11.1 Å². The summed E-state index contributed by atoms with van der Waals surface area (Å²) in [7, 11) is 0. The first kappa shape index (κ1) is 7.31. The average molecular weight is 177 g/mol. The summed E-state index contributed by atoms with van der Waals surface area (Å²) in [6, 6.07) is 9.90. The fraction of sp³-hybridized carbons (Fsp3) is 0. The van der Waals surface area contributed by atoms with E-state index in [9.17, 15) is 0 Å². The molecule has 0 atom stereocenters. The lowest BCUT2D eigenvalue weighted by Crippen LogP contribution is -1.71. The van der Waals surface area contributed by atoms with Crippen LogP contribution in [0.2, 0.25) is 0 Å². The molecule has 0 spiro atoms. The number of hydrogen-bond donors (Lipinski definition) is 1. The number of nitrogens with one attached hydrogen (secondary N) is 1. The van der Waals surface area contributed by atoms with Crippen molar-refractivity contribution in [1.82, 2.24) is 5.16 Å². The van der Waals surface area contributed by atoms with Crippen molar-refractivity contribution in [1.29, 1.82) is 0 Å². The van der Waals surface area contributed by atoms with Gasteiger partial charge in [0.1, 0.15) is 0 Å². The molecule has 1 aromatic carbocycles. The highest BCUT2D eigenvalue weighted by Gasteiger charge is 2.00. The maximum Gasteiger partial charge on any atom is 0.227 e. The number of aromatic nitrogens is 1. The van der Waals surface area contributed by atoms with Gasteiger partial charge in [-0.15, -0.1) is 0 Å². The SMILES string of the molecule is S=c1o[nH]cc1-c1ccccc1. The lowest BCUT2D eigenvalue weighted by Gasteiger charge is -1.92. The molecule has 1 aromatic heterocycles. The van der Waals surface area contributed by atoms with E-state index in [1.54, 1.807) is 6.20 Å². The Morgan fingerprint density at radius 1 is 1.17 bits per heavy atom. The predicted octanol–water partition coefficient (Wildman–Crippen LogP) is 3.00. The van der Waals surface area contributed by atoms with E-state index in [2.05, 4.69) is 5.16 Å². The minimum absolute atomic E-state index is 0.501. The fourth-order valence-corrected chi connectivity index (χ4v) is 1.30. The second kappa shape index (κ2) is 2.95. The van der Waals surface area contributed by atoms with Crippen LogP contribution in [-0.2, 0) is 0 Å². The van der Waals surface area contributed by atoms with E-state index in [1.807, 2.05) is 30.3 Å². The Balaban J connectivity index is 2.59. The molecular weight excluding hydrogens is 170 g/mol. The molecule has 0 fully saturated rings. The topological polar surface area (TPSA) is 28.9 Å². The van der Waals surface area contributed by atoms with E-state index in [0.717, 1.165) is 11.1 Å². The molecular formula is C9H7NOS. The van der Waals surface area contributed by atoms with E-state index in [1.165, 1.54) is 0 Å². The number of hydrogen-bond acceptors (Lipinski definition) is 2. The van der Waals surface area contributed by atoms with Crippen molar-refractivity contribution in [2.24, 2.45) is 0 Å². The second-order valence-corrected chi connectivity index (χ2v) is 2.80. The quantitative estimate of drug-likeness (QED) is 0.678. The third kappa shape index (κ3) is 1.19. The zero-order chi connectivity index (χ0) is 8.39. The summed E-state index contributed by atoms with van der Waals surface area (Å²) in [6.07, 6.45) is 1.76. The first-order valence-electron chi connectivity index (χ1n) is 3.60. The molecule has 2 rings (SSSR count). The van der Waals surface area contributed by atoms with Gasteiger partial charge in [-0.25, -0.2) is 5.16 Å². The van der Waals surface area contributed by atoms with Crippen LogP contribution in [0.15, 0.2) is 41.1 Å². The molecule has 0 bridgehead atoms. The number of aromatic amines is 1. The van der Waals surface area contributed by atoms with E-state index in [-0.39, 0.29) is 0 Å². The molecule has 0 aliphatic heterocycles. The summed E-state index contributed by atoms with van der Waals surface area (Å²) in [5.74, 6) is 0. The van der Waals surface area contributed by atoms with E-state index < -0.39 is 0 Å². The van der Waals surface area contributed by atoms with Crippen LogP contribution < -0.4 is 0 Å². The standard InChI is InChI=1S/C9H7NOS/c12-9-8(6-10-11-9)7-4-2-1-3-5-7/h1-6,10H. The van der Waals surface area contributed by atoms with Crippen molar-refractivity contribution < 1.29 is 4.52 Å². The molecule has 0 saturated carbocycles. The van der Waals surface area contributed by atoms with Crippen LogP contribution >= 0.6 is 12.2 Å². The van der Waals surface area contributed by atoms with E-state index >= 15 is 0 Å². The Hall–Kier alpha value is -1.35. The van der Waals surface area contributed by atoms with Gasteiger partial charge >= 0.3 is 0 Å². The van der Waals surface area contributed by atoms with Gasteiger partial charge in [0.2, 0.25) is 4.71 Å². The lowest BCUT2D eigenvalue weighted by atomic mass is 10.1. The lowest BCUT2D eigenvalue weighted by molar-refractivity contribution is 0.408. The van der Waals surface area contributed by atoms with Crippen LogP contribution in [0.1, 0.15) is 0 Å². The van der Waals surface area contributed by atoms with Gasteiger partial charge in [0.05, 0.1) is 5.56 Å². The van der Waals surface area contributed by atoms with Crippen molar-refractivity contribution in [2.75, 3.05) is 0 Å². The summed E-state index contributed by atoms with van der Waals surface area (Å²) in [5, 5.41) is 2.62. The van der Waals surface area contributed by atoms with Gasteiger partial charge in [0.15, 0.2) is 0 Å². The summed E-state index contributed by atoms with van der Waals surface area (Å²) < 4.78 is 5.41. The first-order chi connectivity index (χ1) is 5.88. The maximum absolute atomic E-state index is 4.97. The Morgan fingerprint density at radius 3 is 2.50 bits per heavy atom. The molecule has 1 N–H and O–H groups in total. The van der Waals surface area contributed by atoms with Gasteiger partial charge in [-0.05, 0) is 17.8 Å². The van der Waals surface area contributed by atoms with Crippen LogP contribution in [0, 0.1) is 4.71 Å². The average Bonchev–Trinajstić information content (AvgIpc) is 2.53. The molecule has 0 saturated heterocycles. The van der Waals surface area contributed by atoms with Crippen LogP contribution in [0.4, 0.5) is 0 Å². The highest BCUT2D eigenvalue weighted by molar-refractivity contribution is 7.71. The molecule has 12 heavy (non-hydrogen) atoms. The van der Waals surface area contributed by atoms with Crippen molar-refractivity contribution in [3.05, 3.63) is 41.2 Å². The Kier molecular flexibility index (Phi) is 1.80. The monoisotopic (exact) mass is 177 g/mol. The third-order valence-corrected chi connectivity index (χ3v) is 1.96. The van der Waals surface area contributed by atoms with Crippen LogP contribution in [0.5, 0.6) is 0 Å². The highest BCUT2D eigenvalue weighted by Crippen LogP contribution is 2.19. The summed E-state index contributed by atoms with van der Waals surface area (Å²) >= 11 is 4.97. The molecule has 60 valence electrons. The second-order valence-electron chi connectivity index (χ2n) is 2.43. The van der Waals surface area contributed by atoms with Gasteiger partial charge in [0.25, 0.3) is 0 Å². The van der Waals surface area contributed by atoms with E-state index in [4.69, 9.17) is 16.7 Å². The summed E-state index contributed by atoms with van der Waals surface area (Å²) in [6.45, 7) is 0. The van der Waals surface area contributed by atoms with Crippen LogP contribution in [0.3, 0.4) is 0 Å². The van der Waals surface area contributed by atoms with Gasteiger partial charge in [0, 0.05) is 6.20 Å². The minimum atomic E-state index is 0.501. The van der Waals surface area contributed by atoms with Gasteiger partial charge < -0.3 is 4.52 Å². The van der Waals surface area contributed by atoms with Gasteiger partial charge in [-0.2, -0.15) is 0 Å². The largest absolute Gasteiger partial charge is 0.370 e. The highest BCUT2D eigenvalue weighted by atomic mass is 32.1. The Bertz CT molecular complexity index is 415. The smallest absolute Gasteiger partial charge is 0.227 e. The van der Waals surface area contributed by atoms with Crippen molar-refractivity contribution in [3.63, 3.8) is 0 Å². The molecule has 3 heteroatoms. The molecule has 0 aliphatic carbocycles. The minimum Gasteiger partial charge on any atom is -0.370 e. The van der Waals surface area contributed by atoms with Gasteiger partial charge in [-0.1, -0.05) is 30.3 Å². The third-order valence-electron chi connectivity index (χ3n) is 1.66. The predicted molar refractivity (Wildman–Crippen MR) is 49.3 cm³/mol. The zero-order valence-corrected chi connectivity index (χ0v) is 7.10. The molecule has 0 aliphatic rings. The molecule has 2 nitrogen and oxygen atoms in total. The number of H-pyrrole nitrogens is 1. The first-order valence-corrected chi connectivity index (χ1v) is 4.01. The Labute approximate surface area is 74.8 Å². The van der Waals surface area contributed by atoms with Crippen LogP contribution in [0.25, 0.3) is 11.1 Å². The molecule has 2 aromatic rings. The number of rotatable bonds is 1.